The van der Waals surface area contributed by atoms with Gasteiger partial charge in [0.1, 0.15) is 0 Å². The molecule has 0 fully saturated rings. The highest BCUT2D eigenvalue weighted by molar-refractivity contribution is 6.30. The van der Waals surface area contributed by atoms with Crippen LogP contribution < -0.4 is 11.3 Å². The van der Waals surface area contributed by atoms with Crippen molar-refractivity contribution in [3.63, 3.8) is 0 Å². The number of rotatable bonds is 4. The molecule has 2 rings (SSSR count). The zero-order valence-electron chi connectivity index (χ0n) is 11.3. The first-order valence-electron chi connectivity index (χ1n) is 6.46. The lowest BCUT2D eigenvalue weighted by Crippen LogP contribution is -2.26. The van der Waals surface area contributed by atoms with Crippen molar-refractivity contribution in [1.82, 2.24) is 4.57 Å². The van der Waals surface area contributed by atoms with Crippen molar-refractivity contribution < 1.29 is 0 Å². The van der Waals surface area contributed by atoms with E-state index in [0.717, 1.165) is 11.1 Å². The summed E-state index contributed by atoms with van der Waals surface area (Å²) in [6, 6.07) is 11.0. The largest absolute Gasteiger partial charge is 0.328 e. The van der Waals surface area contributed by atoms with E-state index < -0.39 is 0 Å². The summed E-state index contributed by atoms with van der Waals surface area (Å²) in [5.74, 6) is 0. The molecule has 0 aliphatic carbocycles. The summed E-state index contributed by atoms with van der Waals surface area (Å²) < 4.78 is 1.64. The standard InChI is InChI=1S/C16H17ClN2O/c1-12(11-18)19-9-8-14(10-16(19)20)3-2-13-4-6-15(17)7-5-13/h2-10,12H,11,18H2,1H3/b3-2+. The van der Waals surface area contributed by atoms with Gasteiger partial charge in [-0.3, -0.25) is 4.79 Å². The topological polar surface area (TPSA) is 48.0 Å². The van der Waals surface area contributed by atoms with Crippen LogP contribution in [0.25, 0.3) is 12.2 Å². The number of nitrogens with zero attached hydrogens (tertiary/aromatic N) is 1. The van der Waals surface area contributed by atoms with Crippen molar-refractivity contribution >= 4 is 23.8 Å². The van der Waals surface area contributed by atoms with Crippen LogP contribution in [0.5, 0.6) is 0 Å². The lowest BCUT2D eigenvalue weighted by Gasteiger charge is -2.12. The minimum absolute atomic E-state index is 0.0109. The van der Waals surface area contributed by atoms with Crippen molar-refractivity contribution in [2.75, 3.05) is 6.54 Å². The molecule has 3 nitrogen and oxygen atoms in total. The SMILES string of the molecule is CC(CN)n1ccc(/C=C/c2ccc(Cl)cc2)cc1=O. The molecule has 0 amide bonds. The minimum Gasteiger partial charge on any atom is -0.328 e. The summed E-state index contributed by atoms with van der Waals surface area (Å²) in [5.41, 5.74) is 7.43. The fourth-order valence-corrected chi connectivity index (χ4v) is 1.98. The van der Waals surface area contributed by atoms with Gasteiger partial charge in [0.15, 0.2) is 0 Å². The Morgan fingerprint density at radius 3 is 2.45 bits per heavy atom. The molecular weight excluding hydrogens is 272 g/mol. The zero-order valence-corrected chi connectivity index (χ0v) is 12.0. The van der Waals surface area contributed by atoms with E-state index in [1.165, 1.54) is 0 Å². The Balaban J connectivity index is 2.20. The van der Waals surface area contributed by atoms with Crippen LogP contribution >= 0.6 is 11.6 Å². The third-order valence-electron chi connectivity index (χ3n) is 3.13. The normalized spacial score (nSPS) is 12.8. The van der Waals surface area contributed by atoms with Crippen LogP contribution in [0.2, 0.25) is 5.02 Å². The molecule has 1 heterocycles. The molecule has 0 aliphatic rings. The molecule has 104 valence electrons. The van der Waals surface area contributed by atoms with Gasteiger partial charge in [-0.25, -0.2) is 0 Å². The third kappa shape index (κ3) is 3.59. The number of pyridine rings is 1. The van der Waals surface area contributed by atoms with Gasteiger partial charge in [0.2, 0.25) is 0 Å². The van der Waals surface area contributed by atoms with Crippen molar-refractivity contribution in [3.8, 4) is 0 Å². The van der Waals surface area contributed by atoms with Crippen LogP contribution in [-0.2, 0) is 0 Å². The fourth-order valence-electron chi connectivity index (χ4n) is 1.85. The highest BCUT2D eigenvalue weighted by Gasteiger charge is 2.03. The summed E-state index contributed by atoms with van der Waals surface area (Å²) in [5, 5.41) is 0.709. The molecule has 0 aliphatic heterocycles. The van der Waals surface area contributed by atoms with Gasteiger partial charge in [-0.1, -0.05) is 35.9 Å². The maximum Gasteiger partial charge on any atom is 0.251 e. The molecule has 4 heteroatoms. The number of aromatic nitrogens is 1. The van der Waals surface area contributed by atoms with E-state index >= 15 is 0 Å². The molecule has 1 aromatic heterocycles. The number of halogens is 1. The second kappa shape index (κ2) is 6.55. The highest BCUT2D eigenvalue weighted by atomic mass is 35.5. The average molecular weight is 289 g/mol. The van der Waals surface area contributed by atoms with Crippen molar-refractivity contribution in [2.45, 2.75) is 13.0 Å². The Morgan fingerprint density at radius 1 is 1.20 bits per heavy atom. The number of hydrogen-bond donors (Lipinski definition) is 1. The van der Waals surface area contributed by atoms with Gasteiger partial charge in [0.25, 0.3) is 5.56 Å². The lowest BCUT2D eigenvalue weighted by molar-refractivity contribution is 0.540. The van der Waals surface area contributed by atoms with Crippen LogP contribution in [0.4, 0.5) is 0 Å². The van der Waals surface area contributed by atoms with E-state index in [1.807, 2.05) is 49.4 Å². The van der Waals surface area contributed by atoms with E-state index in [9.17, 15) is 4.79 Å². The lowest BCUT2D eigenvalue weighted by atomic mass is 10.1. The van der Waals surface area contributed by atoms with Gasteiger partial charge in [-0.05, 0) is 36.2 Å². The third-order valence-corrected chi connectivity index (χ3v) is 3.38. The molecule has 20 heavy (non-hydrogen) atoms. The highest BCUT2D eigenvalue weighted by Crippen LogP contribution is 2.12. The summed E-state index contributed by atoms with van der Waals surface area (Å²) >= 11 is 5.83. The Hall–Kier alpha value is -1.84. The number of benzene rings is 1. The van der Waals surface area contributed by atoms with Gasteiger partial charge < -0.3 is 10.3 Å². The first-order valence-corrected chi connectivity index (χ1v) is 6.84. The number of hydrogen-bond acceptors (Lipinski definition) is 2. The maximum atomic E-state index is 12.0. The Kier molecular flexibility index (Phi) is 4.77. The zero-order chi connectivity index (χ0) is 14.5. The first-order chi connectivity index (χ1) is 9.60. The molecule has 0 radical (unpaired) electrons. The average Bonchev–Trinajstić information content (AvgIpc) is 2.46. The monoisotopic (exact) mass is 288 g/mol. The van der Waals surface area contributed by atoms with Crippen LogP contribution in [0.1, 0.15) is 24.1 Å². The summed E-state index contributed by atoms with van der Waals surface area (Å²) in [7, 11) is 0. The van der Waals surface area contributed by atoms with Crippen molar-refractivity contribution in [1.29, 1.82) is 0 Å². The van der Waals surface area contributed by atoms with Gasteiger partial charge in [-0.15, -0.1) is 0 Å². The first kappa shape index (κ1) is 14.6. The van der Waals surface area contributed by atoms with Gasteiger partial charge in [-0.2, -0.15) is 0 Å². The van der Waals surface area contributed by atoms with E-state index in [4.69, 9.17) is 17.3 Å². The molecule has 1 atom stereocenters. The summed E-state index contributed by atoms with van der Waals surface area (Å²) in [6.45, 7) is 2.37. The molecule has 0 saturated carbocycles. The Morgan fingerprint density at radius 2 is 1.85 bits per heavy atom. The fraction of sp³-hybridized carbons (Fsp3) is 0.188. The Bertz CT molecular complexity index is 659. The van der Waals surface area contributed by atoms with E-state index in [1.54, 1.807) is 16.8 Å². The quantitative estimate of drug-likeness (QED) is 0.939. The molecule has 0 bridgehead atoms. The molecule has 2 aromatic rings. The van der Waals surface area contributed by atoms with Crippen molar-refractivity contribution in [3.05, 3.63) is 69.1 Å². The second-order valence-corrected chi connectivity index (χ2v) is 5.11. The molecule has 2 N–H and O–H groups in total. The minimum atomic E-state index is -0.0405. The number of nitrogens with two attached hydrogens (primary N) is 1. The summed E-state index contributed by atoms with van der Waals surface area (Å²) in [4.78, 5) is 12.0. The van der Waals surface area contributed by atoms with Gasteiger partial charge in [0.05, 0.1) is 0 Å². The smallest absolute Gasteiger partial charge is 0.251 e. The van der Waals surface area contributed by atoms with Gasteiger partial charge in [0, 0.05) is 29.9 Å². The molecular formula is C16H17ClN2O. The van der Waals surface area contributed by atoms with E-state index in [-0.39, 0.29) is 11.6 Å². The van der Waals surface area contributed by atoms with Crippen LogP contribution in [0.3, 0.4) is 0 Å². The molecule has 0 saturated heterocycles. The predicted molar refractivity (Wildman–Crippen MR) is 84.8 cm³/mol. The molecule has 1 unspecified atom stereocenters. The molecule has 0 spiro atoms. The maximum absolute atomic E-state index is 12.0. The summed E-state index contributed by atoms with van der Waals surface area (Å²) in [6.07, 6.45) is 5.63. The van der Waals surface area contributed by atoms with E-state index in [0.29, 0.717) is 11.6 Å². The second-order valence-electron chi connectivity index (χ2n) is 4.68. The Labute approximate surface area is 123 Å². The van der Waals surface area contributed by atoms with Crippen molar-refractivity contribution in [2.24, 2.45) is 5.73 Å². The van der Waals surface area contributed by atoms with Gasteiger partial charge >= 0.3 is 0 Å². The van der Waals surface area contributed by atoms with Crippen LogP contribution in [-0.4, -0.2) is 11.1 Å². The molecule has 1 aromatic carbocycles. The predicted octanol–water partition coefficient (Wildman–Crippen LogP) is 3.19. The van der Waals surface area contributed by atoms with Crippen LogP contribution in [0, 0.1) is 0 Å². The van der Waals surface area contributed by atoms with E-state index in [2.05, 4.69) is 0 Å². The van der Waals surface area contributed by atoms with Crippen LogP contribution in [0.15, 0.2) is 47.4 Å².